The second kappa shape index (κ2) is 6.21. The zero-order valence-electron chi connectivity index (χ0n) is 14.9. The lowest BCUT2D eigenvalue weighted by atomic mass is 10.1. The quantitative estimate of drug-likeness (QED) is 0.586. The van der Waals surface area contributed by atoms with Crippen LogP contribution in [0.2, 0.25) is 0 Å². The molecule has 3 N–H and O–H groups in total. The van der Waals surface area contributed by atoms with Crippen molar-refractivity contribution in [1.82, 2.24) is 19.5 Å². The summed E-state index contributed by atoms with van der Waals surface area (Å²) >= 11 is 0. The van der Waals surface area contributed by atoms with Crippen LogP contribution in [0.25, 0.3) is 28.2 Å². The summed E-state index contributed by atoms with van der Waals surface area (Å²) in [6, 6.07) is 14.9. The van der Waals surface area contributed by atoms with E-state index in [1.165, 1.54) is 4.57 Å². The van der Waals surface area contributed by atoms with Gasteiger partial charge in [0, 0.05) is 5.56 Å². The first-order valence-corrected chi connectivity index (χ1v) is 8.41. The molecule has 1 amide bonds. The lowest BCUT2D eigenvalue weighted by molar-refractivity contribution is 0.0997. The average molecular weight is 359 g/mol. The van der Waals surface area contributed by atoms with Gasteiger partial charge in [0.15, 0.2) is 17.2 Å². The van der Waals surface area contributed by atoms with Crippen molar-refractivity contribution in [3.05, 3.63) is 75.8 Å². The highest BCUT2D eigenvalue weighted by atomic mass is 16.2. The number of hydrogen-bond acceptors (Lipinski definition) is 4. The van der Waals surface area contributed by atoms with Crippen molar-refractivity contribution in [3.8, 4) is 17.1 Å². The Labute approximate surface area is 154 Å². The van der Waals surface area contributed by atoms with E-state index in [1.807, 2.05) is 62.4 Å². The molecule has 2 aromatic heterocycles. The Balaban J connectivity index is 2.07. The minimum Gasteiger partial charge on any atom is -0.364 e. The van der Waals surface area contributed by atoms with Crippen molar-refractivity contribution >= 4 is 17.1 Å². The maximum absolute atomic E-state index is 12.6. The van der Waals surface area contributed by atoms with Crippen LogP contribution in [0.1, 0.15) is 21.6 Å². The molecule has 4 rings (SSSR count). The molecule has 0 bridgehead atoms. The van der Waals surface area contributed by atoms with Crippen molar-refractivity contribution < 1.29 is 4.79 Å². The average Bonchev–Trinajstić information content (AvgIpc) is 2.99. The summed E-state index contributed by atoms with van der Waals surface area (Å²) in [5.74, 6) is -0.401. The molecule has 4 aromatic rings. The van der Waals surface area contributed by atoms with Crippen LogP contribution >= 0.6 is 0 Å². The third-order valence-corrected chi connectivity index (χ3v) is 4.55. The van der Waals surface area contributed by atoms with Crippen molar-refractivity contribution in [2.75, 3.05) is 0 Å². The van der Waals surface area contributed by atoms with Gasteiger partial charge in [0.1, 0.15) is 5.52 Å². The first-order chi connectivity index (χ1) is 13.0. The number of primary amides is 1. The number of fused-ring (bicyclic) bond motifs is 1. The minimum absolute atomic E-state index is 0.0152. The van der Waals surface area contributed by atoms with Crippen molar-refractivity contribution in [1.29, 1.82) is 0 Å². The van der Waals surface area contributed by atoms with Crippen LogP contribution in [0.5, 0.6) is 0 Å². The van der Waals surface area contributed by atoms with Gasteiger partial charge < -0.3 is 10.7 Å². The van der Waals surface area contributed by atoms with E-state index in [4.69, 9.17) is 5.73 Å². The number of rotatable bonds is 3. The van der Waals surface area contributed by atoms with Crippen LogP contribution in [0, 0.1) is 13.8 Å². The molecule has 0 radical (unpaired) electrons. The molecule has 0 aliphatic carbocycles. The lowest BCUT2D eigenvalue weighted by Gasteiger charge is -2.08. The van der Waals surface area contributed by atoms with E-state index in [1.54, 1.807) is 0 Å². The van der Waals surface area contributed by atoms with Crippen LogP contribution in [-0.2, 0) is 0 Å². The molecule has 0 aliphatic rings. The summed E-state index contributed by atoms with van der Waals surface area (Å²) in [6.07, 6.45) is 0. The van der Waals surface area contributed by atoms with Gasteiger partial charge in [-0.2, -0.15) is 0 Å². The smallest absolute Gasteiger partial charge is 0.332 e. The number of nitrogens with zero attached hydrogens (tertiary/aromatic N) is 3. The Morgan fingerprint density at radius 1 is 1.04 bits per heavy atom. The molecular formula is C20H17N5O2. The van der Waals surface area contributed by atoms with E-state index in [0.29, 0.717) is 17.2 Å². The van der Waals surface area contributed by atoms with Crippen molar-refractivity contribution in [3.63, 3.8) is 0 Å². The third-order valence-electron chi connectivity index (χ3n) is 4.55. The SMILES string of the molecule is Cc1ccc(-n2c(=O)[nH]c3c(C(N)=O)nc(-c4ccccc4)nc32)cc1C. The first kappa shape index (κ1) is 16.7. The summed E-state index contributed by atoms with van der Waals surface area (Å²) in [4.78, 5) is 36.1. The number of carbonyl (C=O) groups excluding carboxylic acids is 1. The highest BCUT2D eigenvalue weighted by molar-refractivity contribution is 6.02. The number of nitrogens with two attached hydrogens (primary N) is 1. The van der Waals surface area contributed by atoms with Gasteiger partial charge in [0.2, 0.25) is 0 Å². The predicted octanol–water partition coefficient (Wildman–Crippen LogP) is 2.49. The molecule has 134 valence electrons. The first-order valence-electron chi connectivity index (χ1n) is 8.41. The van der Waals surface area contributed by atoms with Crippen LogP contribution in [0.15, 0.2) is 53.3 Å². The predicted molar refractivity (Wildman–Crippen MR) is 103 cm³/mol. The van der Waals surface area contributed by atoms with E-state index >= 15 is 0 Å². The molecular weight excluding hydrogens is 342 g/mol. The maximum atomic E-state index is 12.6. The monoisotopic (exact) mass is 359 g/mol. The zero-order valence-corrected chi connectivity index (χ0v) is 14.9. The Hall–Kier alpha value is -3.74. The van der Waals surface area contributed by atoms with E-state index in [-0.39, 0.29) is 11.2 Å². The Bertz CT molecular complexity index is 1240. The van der Waals surface area contributed by atoms with Gasteiger partial charge in [0.05, 0.1) is 5.69 Å². The number of nitrogens with one attached hydrogen (secondary N) is 1. The highest BCUT2D eigenvalue weighted by Gasteiger charge is 2.20. The molecule has 7 heteroatoms. The zero-order chi connectivity index (χ0) is 19.1. The summed E-state index contributed by atoms with van der Waals surface area (Å²) in [5.41, 5.74) is 9.16. The largest absolute Gasteiger partial charge is 0.364 e. The topological polar surface area (TPSA) is 107 Å². The van der Waals surface area contributed by atoms with Crippen molar-refractivity contribution in [2.24, 2.45) is 5.73 Å². The van der Waals surface area contributed by atoms with E-state index in [2.05, 4.69) is 15.0 Å². The van der Waals surface area contributed by atoms with Crippen LogP contribution < -0.4 is 11.4 Å². The number of amides is 1. The summed E-state index contributed by atoms with van der Waals surface area (Å²) in [6.45, 7) is 3.97. The van der Waals surface area contributed by atoms with Gasteiger partial charge in [-0.05, 0) is 37.1 Å². The fourth-order valence-corrected chi connectivity index (χ4v) is 2.98. The minimum atomic E-state index is -0.729. The summed E-state index contributed by atoms with van der Waals surface area (Å²) < 4.78 is 1.43. The number of aromatic nitrogens is 4. The lowest BCUT2D eigenvalue weighted by Crippen LogP contribution is -2.15. The van der Waals surface area contributed by atoms with Gasteiger partial charge in [-0.1, -0.05) is 36.4 Å². The molecule has 0 fully saturated rings. The number of hydrogen-bond donors (Lipinski definition) is 2. The molecule has 0 atom stereocenters. The van der Waals surface area contributed by atoms with Crippen LogP contribution in [-0.4, -0.2) is 25.4 Å². The number of carbonyl (C=O) groups is 1. The van der Waals surface area contributed by atoms with E-state index in [0.717, 1.165) is 16.7 Å². The Morgan fingerprint density at radius 2 is 1.78 bits per heavy atom. The molecule has 0 aliphatic heterocycles. The molecule has 2 heterocycles. The molecule has 27 heavy (non-hydrogen) atoms. The maximum Gasteiger partial charge on any atom is 0.332 e. The fraction of sp³-hybridized carbons (Fsp3) is 0.100. The molecule has 7 nitrogen and oxygen atoms in total. The molecule has 0 saturated carbocycles. The van der Waals surface area contributed by atoms with Crippen LogP contribution in [0.4, 0.5) is 0 Å². The summed E-state index contributed by atoms with van der Waals surface area (Å²) in [5, 5.41) is 0. The molecule has 2 aromatic carbocycles. The van der Waals surface area contributed by atoms with Gasteiger partial charge in [0.25, 0.3) is 5.91 Å². The molecule has 0 spiro atoms. The second-order valence-electron chi connectivity index (χ2n) is 6.36. The second-order valence-corrected chi connectivity index (χ2v) is 6.36. The Kier molecular flexibility index (Phi) is 3.84. The number of H-pyrrole nitrogens is 1. The van der Waals surface area contributed by atoms with Crippen molar-refractivity contribution in [2.45, 2.75) is 13.8 Å². The standard InChI is InChI=1S/C20H17N5O2/c1-11-8-9-14(10-12(11)2)25-19-16(23-20(25)27)15(17(21)26)22-18(24-19)13-6-4-3-5-7-13/h3-10H,1-2H3,(H2,21,26)(H,23,27). The number of aryl methyl sites for hydroxylation is 2. The van der Waals surface area contributed by atoms with Gasteiger partial charge in [-0.25, -0.2) is 19.3 Å². The van der Waals surface area contributed by atoms with Gasteiger partial charge in [-0.15, -0.1) is 0 Å². The van der Waals surface area contributed by atoms with Crippen LogP contribution in [0.3, 0.4) is 0 Å². The summed E-state index contributed by atoms with van der Waals surface area (Å²) in [7, 11) is 0. The highest BCUT2D eigenvalue weighted by Crippen LogP contribution is 2.22. The van der Waals surface area contributed by atoms with Gasteiger partial charge >= 0.3 is 5.69 Å². The fourth-order valence-electron chi connectivity index (χ4n) is 2.98. The van der Waals surface area contributed by atoms with E-state index < -0.39 is 11.6 Å². The number of aromatic amines is 1. The molecule has 0 saturated heterocycles. The van der Waals surface area contributed by atoms with E-state index in [9.17, 15) is 9.59 Å². The molecule has 0 unspecified atom stereocenters. The number of imidazole rings is 1. The Morgan fingerprint density at radius 3 is 2.44 bits per heavy atom. The number of benzene rings is 2. The third kappa shape index (κ3) is 2.79. The van der Waals surface area contributed by atoms with Gasteiger partial charge in [-0.3, -0.25) is 4.79 Å². The normalized spacial score (nSPS) is 11.0.